The Morgan fingerprint density at radius 2 is 1.74 bits per heavy atom. The Hall–Kier alpha value is -2.64. The van der Waals surface area contributed by atoms with E-state index in [0.29, 0.717) is 12.8 Å². The molecule has 0 unspecified atom stereocenters. The number of hydrogen-bond acceptors (Lipinski definition) is 5. The molecule has 2 aliphatic heterocycles. The molecule has 2 saturated heterocycles. The van der Waals surface area contributed by atoms with E-state index >= 15 is 0 Å². The molecule has 1 saturated carbocycles. The zero-order valence-electron chi connectivity index (χ0n) is 20.2. The number of amides is 2. The van der Waals surface area contributed by atoms with Gasteiger partial charge in [-0.25, -0.2) is 0 Å². The van der Waals surface area contributed by atoms with E-state index in [-0.39, 0.29) is 35.4 Å². The Bertz CT molecular complexity index is 1220. The number of imide groups is 1. The molecule has 4 aliphatic rings. The number of carbonyl (C=O) groups is 2. The minimum Gasteiger partial charge on any atom is -0.507 e. The summed E-state index contributed by atoms with van der Waals surface area (Å²) in [6.45, 7) is 2.05. The summed E-state index contributed by atoms with van der Waals surface area (Å²) < 4.78 is 6.18. The van der Waals surface area contributed by atoms with Crippen molar-refractivity contribution < 1.29 is 24.4 Å². The fourth-order valence-electron chi connectivity index (χ4n) is 7.26. The van der Waals surface area contributed by atoms with Crippen LogP contribution >= 0.6 is 0 Å². The predicted octanol–water partition coefficient (Wildman–Crippen LogP) is 4.69. The largest absolute Gasteiger partial charge is 0.507 e. The van der Waals surface area contributed by atoms with E-state index in [0.717, 1.165) is 59.5 Å². The van der Waals surface area contributed by atoms with Gasteiger partial charge in [-0.2, -0.15) is 0 Å². The minimum atomic E-state index is -1.10. The fraction of sp³-hybridized carbons (Fsp3) is 0.500. The average Bonchev–Trinajstić information content (AvgIpc) is 3.13. The number of rotatable bonds is 3. The standard InChI is InChI=1S/C28H32BNO5/c1-2-16-14-22-25(28(33)30(27(22)32)17-8-4-3-5-9-17)21-15-24(35-29(34)26(16)21)20-12-13-23(31)19-11-7-6-10-18(19)20/h6-7,10-13,17,21-22,24-25,31,34H,2-5,8-9,14-15H2,1H3/t21-,22-,24-,25+/m0/s1. The third-order valence-corrected chi connectivity index (χ3v) is 8.89. The highest BCUT2D eigenvalue weighted by Gasteiger charge is 2.58. The lowest BCUT2D eigenvalue weighted by atomic mass is 9.55. The number of aromatic hydroxyl groups is 1. The molecule has 0 spiro atoms. The van der Waals surface area contributed by atoms with Crippen molar-refractivity contribution in [3.8, 4) is 5.75 Å². The molecule has 2 N–H and O–H groups in total. The summed E-state index contributed by atoms with van der Waals surface area (Å²) in [7, 11) is -1.10. The highest BCUT2D eigenvalue weighted by atomic mass is 16.5. The first-order valence-electron chi connectivity index (χ1n) is 13.1. The maximum absolute atomic E-state index is 13.8. The second-order valence-corrected chi connectivity index (χ2v) is 10.6. The molecular formula is C28H32BNO5. The maximum Gasteiger partial charge on any atom is 0.487 e. The minimum absolute atomic E-state index is 0.00971. The van der Waals surface area contributed by atoms with Crippen LogP contribution in [0.4, 0.5) is 0 Å². The van der Waals surface area contributed by atoms with Gasteiger partial charge < -0.3 is 14.8 Å². The van der Waals surface area contributed by atoms with Crippen molar-refractivity contribution in [3.63, 3.8) is 0 Å². The third-order valence-electron chi connectivity index (χ3n) is 8.89. The van der Waals surface area contributed by atoms with E-state index in [1.807, 2.05) is 37.3 Å². The van der Waals surface area contributed by atoms with Crippen molar-refractivity contribution in [1.82, 2.24) is 4.90 Å². The number of likely N-dealkylation sites (tertiary alicyclic amines) is 1. The first-order chi connectivity index (χ1) is 17.0. The van der Waals surface area contributed by atoms with E-state index in [4.69, 9.17) is 4.65 Å². The molecule has 2 heterocycles. The third kappa shape index (κ3) is 3.54. The van der Waals surface area contributed by atoms with Gasteiger partial charge in [-0.1, -0.05) is 62.1 Å². The molecule has 0 aromatic heterocycles. The number of fused-ring (bicyclic) bond motifs is 4. The normalized spacial score (nSPS) is 29.7. The van der Waals surface area contributed by atoms with Crippen molar-refractivity contribution in [3.05, 3.63) is 53.0 Å². The zero-order chi connectivity index (χ0) is 24.3. The van der Waals surface area contributed by atoms with Crippen LogP contribution in [0.1, 0.15) is 70.0 Å². The summed E-state index contributed by atoms with van der Waals surface area (Å²) in [5.41, 5.74) is 2.77. The molecule has 2 aliphatic carbocycles. The quantitative estimate of drug-likeness (QED) is 0.499. The summed E-state index contributed by atoms with van der Waals surface area (Å²) in [5, 5.41) is 23.2. The van der Waals surface area contributed by atoms with Crippen molar-refractivity contribution in [2.45, 2.75) is 70.4 Å². The lowest BCUT2D eigenvalue weighted by Gasteiger charge is -2.42. The molecule has 4 atom stereocenters. The Morgan fingerprint density at radius 3 is 2.49 bits per heavy atom. The molecular weight excluding hydrogens is 441 g/mol. The Balaban J connectivity index is 1.39. The Labute approximate surface area is 206 Å². The molecule has 2 aromatic carbocycles. The number of phenolic OH excluding ortho intramolecular Hbond substituents is 1. The van der Waals surface area contributed by atoms with Crippen LogP contribution in [-0.2, 0) is 14.2 Å². The van der Waals surface area contributed by atoms with Gasteiger partial charge in [0.25, 0.3) is 0 Å². The fourth-order valence-corrected chi connectivity index (χ4v) is 7.26. The zero-order valence-corrected chi connectivity index (χ0v) is 20.2. The predicted molar refractivity (Wildman–Crippen MR) is 133 cm³/mol. The molecule has 7 heteroatoms. The van der Waals surface area contributed by atoms with Crippen molar-refractivity contribution in [2.24, 2.45) is 17.8 Å². The van der Waals surface area contributed by atoms with Crippen LogP contribution in [0.15, 0.2) is 47.4 Å². The number of carbonyl (C=O) groups excluding carboxylic acids is 2. The van der Waals surface area contributed by atoms with Gasteiger partial charge in [-0.05, 0) is 60.5 Å². The summed E-state index contributed by atoms with van der Waals surface area (Å²) in [6, 6.07) is 11.1. The van der Waals surface area contributed by atoms with Gasteiger partial charge in [0, 0.05) is 11.4 Å². The number of phenols is 1. The van der Waals surface area contributed by atoms with Crippen LogP contribution in [0.5, 0.6) is 5.75 Å². The summed E-state index contributed by atoms with van der Waals surface area (Å²) >= 11 is 0. The van der Waals surface area contributed by atoms with Crippen LogP contribution in [0.2, 0.25) is 0 Å². The molecule has 2 amide bonds. The lowest BCUT2D eigenvalue weighted by molar-refractivity contribution is -0.143. The van der Waals surface area contributed by atoms with Gasteiger partial charge in [-0.15, -0.1) is 0 Å². The van der Waals surface area contributed by atoms with Crippen molar-refractivity contribution in [1.29, 1.82) is 0 Å². The van der Waals surface area contributed by atoms with Gasteiger partial charge in [0.2, 0.25) is 11.8 Å². The molecule has 0 radical (unpaired) electrons. The van der Waals surface area contributed by atoms with E-state index < -0.39 is 19.1 Å². The summed E-state index contributed by atoms with van der Waals surface area (Å²) in [5.74, 6) is -0.852. The van der Waals surface area contributed by atoms with Crippen LogP contribution < -0.4 is 0 Å². The number of hydrogen-bond donors (Lipinski definition) is 2. The molecule has 2 aromatic rings. The van der Waals surface area contributed by atoms with E-state index in [1.165, 1.54) is 6.42 Å². The summed E-state index contributed by atoms with van der Waals surface area (Å²) in [4.78, 5) is 29.0. The highest BCUT2D eigenvalue weighted by molar-refractivity contribution is 6.53. The molecule has 0 bridgehead atoms. The number of allylic oxidation sites excluding steroid dienone is 2. The molecule has 182 valence electrons. The van der Waals surface area contributed by atoms with Gasteiger partial charge >= 0.3 is 7.12 Å². The first kappa shape index (κ1) is 22.8. The summed E-state index contributed by atoms with van der Waals surface area (Å²) in [6.07, 6.45) is 6.45. The SMILES string of the molecule is CCC1=C2B(O)O[C@H](c3ccc(O)c4ccccc34)C[C@H]2[C@H]2C(=O)N(C3CCCCC3)C(=O)[C@H]2C1. The van der Waals surface area contributed by atoms with E-state index in [2.05, 4.69) is 0 Å². The van der Waals surface area contributed by atoms with E-state index in [9.17, 15) is 19.7 Å². The van der Waals surface area contributed by atoms with Crippen LogP contribution in [0.25, 0.3) is 10.8 Å². The topological polar surface area (TPSA) is 87.1 Å². The highest BCUT2D eigenvalue weighted by Crippen LogP contribution is 2.53. The van der Waals surface area contributed by atoms with Gasteiger partial charge in [-0.3, -0.25) is 14.5 Å². The van der Waals surface area contributed by atoms with Gasteiger partial charge in [0.1, 0.15) is 5.75 Å². The Kier molecular flexibility index (Phi) is 5.73. The monoisotopic (exact) mass is 473 g/mol. The average molecular weight is 473 g/mol. The van der Waals surface area contributed by atoms with Crippen LogP contribution in [0.3, 0.4) is 0 Å². The van der Waals surface area contributed by atoms with E-state index in [1.54, 1.807) is 11.0 Å². The van der Waals surface area contributed by atoms with Crippen molar-refractivity contribution in [2.75, 3.05) is 0 Å². The second-order valence-electron chi connectivity index (χ2n) is 10.6. The van der Waals surface area contributed by atoms with Crippen molar-refractivity contribution >= 4 is 29.7 Å². The Morgan fingerprint density at radius 1 is 1.00 bits per heavy atom. The lowest BCUT2D eigenvalue weighted by Crippen LogP contribution is -2.45. The van der Waals surface area contributed by atoms with Gasteiger partial charge in [0.15, 0.2) is 0 Å². The molecule has 6 nitrogen and oxygen atoms in total. The second kappa shape index (κ2) is 8.79. The molecule has 35 heavy (non-hydrogen) atoms. The first-order valence-corrected chi connectivity index (χ1v) is 13.1. The van der Waals surface area contributed by atoms with Gasteiger partial charge in [0.05, 0.1) is 17.9 Å². The van der Waals surface area contributed by atoms with Crippen LogP contribution in [0, 0.1) is 17.8 Å². The smallest absolute Gasteiger partial charge is 0.487 e. The number of nitrogens with zero attached hydrogens (tertiary/aromatic N) is 1. The van der Waals surface area contributed by atoms with Crippen LogP contribution in [-0.4, -0.2) is 40.0 Å². The molecule has 3 fully saturated rings. The maximum atomic E-state index is 13.8. The number of benzene rings is 2. The molecule has 6 rings (SSSR count).